The number of benzene rings is 1. The van der Waals surface area contributed by atoms with Crippen molar-refractivity contribution in [3.63, 3.8) is 0 Å². The van der Waals surface area contributed by atoms with E-state index in [1.807, 2.05) is 13.8 Å². The largest absolute Gasteiger partial charge is 0.485 e. The van der Waals surface area contributed by atoms with E-state index in [1.54, 1.807) is 12.1 Å². The van der Waals surface area contributed by atoms with E-state index in [1.165, 1.54) is 26.4 Å². The van der Waals surface area contributed by atoms with Crippen LogP contribution in [-0.2, 0) is 16.7 Å². The van der Waals surface area contributed by atoms with Gasteiger partial charge in [0.2, 0.25) is 17.7 Å². The first-order valence-electron chi connectivity index (χ1n) is 8.41. The second-order valence-electron chi connectivity index (χ2n) is 6.75. The van der Waals surface area contributed by atoms with Crippen LogP contribution in [0.5, 0.6) is 17.5 Å². The van der Waals surface area contributed by atoms with Crippen LogP contribution < -0.4 is 23.8 Å². The second kappa shape index (κ2) is 7.37. The van der Waals surface area contributed by atoms with Crippen LogP contribution in [0.25, 0.3) is 0 Å². The maximum Gasteiger partial charge on any atom is 0.368 e. The predicted octanol–water partition coefficient (Wildman–Crippen LogP) is 2.05. The predicted molar refractivity (Wildman–Crippen MR) is 103 cm³/mol. The number of ether oxygens (including phenoxy) is 3. The lowest BCUT2D eigenvalue weighted by atomic mass is 10.0. The topological polar surface area (TPSA) is 140 Å². The molecule has 2 aromatic rings. The monoisotopic (exact) mass is 424 g/mol. The number of rotatable bonds is 5. The van der Waals surface area contributed by atoms with Crippen molar-refractivity contribution in [1.82, 2.24) is 9.97 Å². The summed E-state index contributed by atoms with van der Waals surface area (Å²) in [5.74, 6) is 0.0653. The molecule has 1 aromatic carbocycles. The molecule has 2 N–H and O–H groups in total. The number of carbonyl (C=O) groups is 1. The van der Waals surface area contributed by atoms with E-state index in [9.17, 15) is 17.8 Å². The fourth-order valence-corrected chi connectivity index (χ4v) is 3.56. The molecule has 0 saturated heterocycles. The lowest BCUT2D eigenvalue weighted by Crippen LogP contribution is -2.40. The van der Waals surface area contributed by atoms with Gasteiger partial charge in [0.15, 0.2) is 0 Å². The molecule has 0 atom stereocenters. The Morgan fingerprint density at radius 2 is 1.86 bits per heavy atom. The quantitative estimate of drug-likeness (QED) is 0.690. The standard InChI is InChI=1S/C17H20N4O7S/c1-17(2)9-10-6-5-7-11(14(10)28-17)21(29(23,24)25)16(22)20-15-18-12(26-3)8-13(19-15)27-4/h5-8H,9H2,1-4H3,(H,23,24,25)(H,18,19,20,22). The molecular formula is C17H20N4O7S. The van der Waals surface area contributed by atoms with Gasteiger partial charge in [0, 0.05) is 12.0 Å². The Morgan fingerprint density at radius 3 is 2.41 bits per heavy atom. The highest BCUT2D eigenvalue weighted by atomic mass is 32.2. The maximum absolute atomic E-state index is 12.8. The van der Waals surface area contributed by atoms with Crippen LogP contribution in [0, 0.1) is 0 Å². The Kier molecular flexibility index (Phi) is 5.24. The molecule has 2 amide bonds. The smallest absolute Gasteiger partial charge is 0.368 e. The SMILES string of the molecule is COc1cc(OC)nc(NC(=O)N(c2cccc3c2OC(C)(C)C3)S(=O)(=O)O)n1. The highest BCUT2D eigenvalue weighted by Crippen LogP contribution is 2.42. The Bertz CT molecular complexity index is 1030. The summed E-state index contributed by atoms with van der Waals surface area (Å²) < 4.78 is 49.8. The molecule has 29 heavy (non-hydrogen) atoms. The molecule has 3 rings (SSSR count). The maximum atomic E-state index is 12.8. The van der Waals surface area contributed by atoms with Gasteiger partial charge in [0.1, 0.15) is 17.0 Å². The van der Waals surface area contributed by atoms with E-state index >= 15 is 0 Å². The van der Waals surface area contributed by atoms with Crippen molar-refractivity contribution in [2.45, 2.75) is 25.9 Å². The van der Waals surface area contributed by atoms with Gasteiger partial charge in [-0.25, -0.2) is 4.79 Å². The van der Waals surface area contributed by atoms with E-state index < -0.39 is 21.9 Å². The minimum absolute atomic E-state index is 0.0799. The van der Waals surface area contributed by atoms with Crippen molar-refractivity contribution in [3.8, 4) is 17.5 Å². The third kappa shape index (κ3) is 4.32. The van der Waals surface area contributed by atoms with Gasteiger partial charge in [0.05, 0.1) is 20.3 Å². The summed E-state index contributed by atoms with van der Waals surface area (Å²) in [6, 6.07) is 4.82. The molecule has 0 bridgehead atoms. The van der Waals surface area contributed by atoms with E-state index in [2.05, 4.69) is 15.3 Å². The fourth-order valence-electron chi connectivity index (χ4n) is 2.91. The number of hydrogen-bond acceptors (Lipinski definition) is 8. The number of para-hydroxylation sites is 1. The zero-order chi connectivity index (χ0) is 21.4. The second-order valence-corrected chi connectivity index (χ2v) is 8.01. The average Bonchev–Trinajstić information content (AvgIpc) is 2.95. The number of aromatic nitrogens is 2. The number of amides is 2. The highest BCUT2D eigenvalue weighted by Gasteiger charge is 2.37. The number of carbonyl (C=O) groups excluding carboxylic acids is 1. The van der Waals surface area contributed by atoms with E-state index in [-0.39, 0.29) is 33.5 Å². The van der Waals surface area contributed by atoms with Crippen molar-refractivity contribution in [2.75, 3.05) is 23.8 Å². The molecule has 12 heteroatoms. The lowest BCUT2D eigenvalue weighted by Gasteiger charge is -2.23. The molecule has 0 saturated carbocycles. The summed E-state index contributed by atoms with van der Waals surface area (Å²) in [5, 5.41) is 2.22. The molecule has 0 aliphatic carbocycles. The molecule has 1 aliphatic rings. The fraction of sp³-hybridized carbons (Fsp3) is 0.353. The van der Waals surface area contributed by atoms with Gasteiger partial charge in [-0.1, -0.05) is 12.1 Å². The first kappa shape index (κ1) is 20.6. The number of anilines is 2. The third-order valence-corrected chi connectivity index (χ3v) is 4.84. The summed E-state index contributed by atoms with van der Waals surface area (Å²) in [6.07, 6.45) is 0.507. The van der Waals surface area contributed by atoms with Crippen molar-refractivity contribution in [2.24, 2.45) is 0 Å². The van der Waals surface area contributed by atoms with Crippen LogP contribution in [0.3, 0.4) is 0 Å². The number of nitrogens with zero attached hydrogens (tertiary/aromatic N) is 3. The first-order valence-corrected chi connectivity index (χ1v) is 9.80. The van der Waals surface area contributed by atoms with Crippen LogP contribution in [0.2, 0.25) is 0 Å². The lowest BCUT2D eigenvalue weighted by molar-refractivity contribution is 0.139. The number of fused-ring (bicyclic) bond motifs is 1. The first-order chi connectivity index (χ1) is 13.5. The van der Waals surface area contributed by atoms with Gasteiger partial charge in [0.25, 0.3) is 0 Å². The van der Waals surface area contributed by atoms with Gasteiger partial charge >= 0.3 is 16.3 Å². The van der Waals surface area contributed by atoms with Crippen LogP contribution >= 0.6 is 0 Å². The molecule has 0 radical (unpaired) electrons. The summed E-state index contributed by atoms with van der Waals surface area (Å²) in [7, 11) is -2.30. The highest BCUT2D eigenvalue weighted by molar-refractivity contribution is 7.88. The number of urea groups is 1. The summed E-state index contributed by atoms with van der Waals surface area (Å²) >= 11 is 0. The molecule has 0 unspecified atom stereocenters. The Hall–Kier alpha value is -3.12. The van der Waals surface area contributed by atoms with Gasteiger partial charge in [-0.3, -0.25) is 9.87 Å². The molecule has 0 fully saturated rings. The zero-order valence-corrected chi connectivity index (χ0v) is 17.0. The molecular weight excluding hydrogens is 404 g/mol. The molecule has 11 nitrogen and oxygen atoms in total. The number of nitrogens with one attached hydrogen (secondary N) is 1. The van der Waals surface area contributed by atoms with Crippen molar-refractivity contribution < 1.29 is 32.0 Å². The molecule has 156 valence electrons. The van der Waals surface area contributed by atoms with E-state index in [0.717, 1.165) is 0 Å². The van der Waals surface area contributed by atoms with Gasteiger partial charge in [-0.05, 0) is 19.9 Å². The minimum atomic E-state index is -5.00. The summed E-state index contributed by atoms with van der Waals surface area (Å²) in [5.41, 5.74) is -0.0283. The number of methoxy groups -OCH3 is 2. The Morgan fingerprint density at radius 1 is 1.24 bits per heavy atom. The van der Waals surface area contributed by atoms with Crippen molar-refractivity contribution in [1.29, 1.82) is 0 Å². The van der Waals surface area contributed by atoms with Gasteiger partial charge in [-0.15, -0.1) is 0 Å². The zero-order valence-electron chi connectivity index (χ0n) is 16.2. The average molecular weight is 424 g/mol. The Labute approximate surface area is 167 Å². The van der Waals surface area contributed by atoms with E-state index in [0.29, 0.717) is 12.0 Å². The van der Waals surface area contributed by atoms with Crippen LogP contribution in [0.1, 0.15) is 19.4 Å². The Balaban J connectivity index is 2.01. The molecule has 1 aromatic heterocycles. The van der Waals surface area contributed by atoms with Crippen LogP contribution in [0.15, 0.2) is 24.3 Å². The molecule has 1 aliphatic heterocycles. The third-order valence-electron chi connectivity index (χ3n) is 4.02. The van der Waals surface area contributed by atoms with Crippen LogP contribution in [0.4, 0.5) is 16.4 Å². The number of hydrogen-bond donors (Lipinski definition) is 2. The van der Waals surface area contributed by atoms with Gasteiger partial charge in [-0.2, -0.15) is 22.7 Å². The van der Waals surface area contributed by atoms with Gasteiger partial charge < -0.3 is 14.2 Å². The van der Waals surface area contributed by atoms with Crippen LogP contribution in [-0.4, -0.2) is 48.8 Å². The summed E-state index contributed by atoms with van der Waals surface area (Å²) in [6.45, 7) is 3.65. The normalized spacial score (nSPS) is 14.5. The summed E-state index contributed by atoms with van der Waals surface area (Å²) in [4.78, 5) is 20.6. The van der Waals surface area contributed by atoms with Crippen molar-refractivity contribution in [3.05, 3.63) is 29.8 Å². The molecule has 0 spiro atoms. The van der Waals surface area contributed by atoms with E-state index in [4.69, 9.17) is 14.2 Å². The molecule has 2 heterocycles. The minimum Gasteiger partial charge on any atom is -0.485 e. The van der Waals surface area contributed by atoms with Crippen molar-refractivity contribution >= 4 is 28.0 Å².